The fraction of sp³-hybridized carbons (Fsp3) is 0.400. The van der Waals surface area contributed by atoms with Gasteiger partial charge in [-0.05, 0) is 48.9 Å². The number of carbonyl (C=O) groups is 1. The number of alkyl halides is 3. The zero-order chi connectivity index (χ0) is 22.6. The van der Waals surface area contributed by atoms with E-state index in [1.165, 1.54) is 0 Å². The minimum atomic E-state index is -4.63. The summed E-state index contributed by atoms with van der Waals surface area (Å²) in [7, 11) is -4.07. The average Bonchev–Trinajstić information content (AvgIpc) is 2.75. The SMILES string of the molecule is CCSc1ccc(NC(=O)C2CCN(S(=O)(=O)c3cccc(C(F)(F)F)c3)CC2)cn1. The Morgan fingerprint density at radius 1 is 1.23 bits per heavy atom. The number of hydrogen-bond acceptors (Lipinski definition) is 5. The number of pyridine rings is 1. The van der Waals surface area contributed by atoms with Gasteiger partial charge in [0.15, 0.2) is 0 Å². The summed E-state index contributed by atoms with van der Waals surface area (Å²) in [6.45, 7) is 2.13. The molecule has 0 radical (unpaired) electrons. The molecule has 2 aromatic rings. The summed E-state index contributed by atoms with van der Waals surface area (Å²) < 4.78 is 65.4. The molecule has 31 heavy (non-hydrogen) atoms. The van der Waals surface area contributed by atoms with E-state index in [-0.39, 0.29) is 31.8 Å². The number of rotatable bonds is 6. The van der Waals surface area contributed by atoms with E-state index in [1.807, 2.05) is 13.0 Å². The summed E-state index contributed by atoms with van der Waals surface area (Å²) in [4.78, 5) is 16.4. The quantitative estimate of drug-likeness (QED) is 0.635. The molecule has 1 aromatic heterocycles. The van der Waals surface area contributed by atoms with Crippen LogP contribution in [0.15, 0.2) is 52.5 Å². The molecule has 3 rings (SSSR count). The first-order valence-electron chi connectivity index (χ1n) is 9.68. The van der Waals surface area contributed by atoms with Crippen molar-refractivity contribution >= 4 is 33.4 Å². The molecule has 1 amide bonds. The number of carbonyl (C=O) groups excluding carboxylic acids is 1. The van der Waals surface area contributed by atoms with Gasteiger partial charge in [-0.15, -0.1) is 11.8 Å². The molecule has 11 heteroatoms. The number of amides is 1. The van der Waals surface area contributed by atoms with E-state index in [2.05, 4.69) is 10.3 Å². The molecule has 2 heterocycles. The molecule has 1 N–H and O–H groups in total. The van der Waals surface area contributed by atoms with E-state index >= 15 is 0 Å². The Balaban J connectivity index is 1.61. The van der Waals surface area contributed by atoms with Crippen LogP contribution in [0.4, 0.5) is 18.9 Å². The molecule has 0 saturated carbocycles. The lowest BCUT2D eigenvalue weighted by molar-refractivity contribution is -0.137. The number of halogens is 3. The standard InChI is InChI=1S/C20H22F3N3O3S2/c1-2-30-18-7-6-16(13-24-18)25-19(27)14-8-10-26(11-9-14)31(28,29)17-5-3-4-15(12-17)20(21,22)23/h3-7,12-14H,2,8-11H2,1H3,(H,25,27). The highest BCUT2D eigenvalue weighted by atomic mass is 32.2. The molecular weight excluding hydrogens is 451 g/mol. The molecule has 0 spiro atoms. The molecule has 1 aromatic carbocycles. The molecule has 6 nitrogen and oxygen atoms in total. The van der Waals surface area contributed by atoms with Crippen molar-refractivity contribution in [2.24, 2.45) is 5.92 Å². The maximum Gasteiger partial charge on any atom is 0.416 e. The van der Waals surface area contributed by atoms with E-state index in [0.717, 1.165) is 33.3 Å². The van der Waals surface area contributed by atoms with Gasteiger partial charge in [0.2, 0.25) is 15.9 Å². The Hall–Kier alpha value is -2.11. The molecule has 1 saturated heterocycles. The van der Waals surface area contributed by atoms with Crippen molar-refractivity contribution in [3.63, 3.8) is 0 Å². The Morgan fingerprint density at radius 3 is 2.52 bits per heavy atom. The van der Waals surface area contributed by atoms with Crippen LogP contribution >= 0.6 is 11.8 Å². The van der Waals surface area contributed by atoms with Crippen LogP contribution in [0.1, 0.15) is 25.3 Å². The topological polar surface area (TPSA) is 79.4 Å². The van der Waals surface area contributed by atoms with Crippen molar-refractivity contribution in [2.45, 2.75) is 35.9 Å². The Morgan fingerprint density at radius 2 is 1.94 bits per heavy atom. The van der Waals surface area contributed by atoms with Gasteiger partial charge in [-0.2, -0.15) is 17.5 Å². The van der Waals surface area contributed by atoms with Crippen LogP contribution in [-0.4, -0.2) is 42.5 Å². The van der Waals surface area contributed by atoms with Gasteiger partial charge in [0.25, 0.3) is 0 Å². The molecule has 0 unspecified atom stereocenters. The van der Waals surface area contributed by atoms with Gasteiger partial charge in [0.05, 0.1) is 27.4 Å². The summed E-state index contributed by atoms with van der Waals surface area (Å²) in [5.41, 5.74) is -0.454. The smallest absolute Gasteiger partial charge is 0.324 e. The fourth-order valence-corrected chi connectivity index (χ4v) is 5.38. The van der Waals surface area contributed by atoms with Crippen molar-refractivity contribution in [3.8, 4) is 0 Å². The number of piperidine rings is 1. The van der Waals surface area contributed by atoms with Crippen molar-refractivity contribution in [1.82, 2.24) is 9.29 Å². The van der Waals surface area contributed by atoms with Crippen molar-refractivity contribution in [2.75, 3.05) is 24.2 Å². The summed E-state index contributed by atoms with van der Waals surface area (Å²) >= 11 is 1.59. The Bertz CT molecular complexity index is 1020. The number of aromatic nitrogens is 1. The normalized spacial score (nSPS) is 16.3. The molecule has 0 atom stereocenters. The van der Waals surface area contributed by atoms with Crippen molar-refractivity contribution in [1.29, 1.82) is 0 Å². The Kier molecular flexibility index (Phi) is 7.28. The second-order valence-electron chi connectivity index (χ2n) is 7.01. The first-order valence-corrected chi connectivity index (χ1v) is 12.1. The van der Waals surface area contributed by atoms with Crippen LogP contribution in [0.3, 0.4) is 0 Å². The number of nitrogens with one attached hydrogen (secondary N) is 1. The van der Waals surface area contributed by atoms with Crippen LogP contribution < -0.4 is 5.32 Å². The third kappa shape index (κ3) is 5.78. The first kappa shape index (κ1) is 23.6. The summed E-state index contributed by atoms with van der Waals surface area (Å²) in [5, 5.41) is 3.64. The summed E-state index contributed by atoms with van der Waals surface area (Å²) in [6.07, 6.45) is -2.50. The zero-order valence-corrected chi connectivity index (χ0v) is 18.4. The molecule has 0 aliphatic carbocycles. The lowest BCUT2D eigenvalue weighted by Gasteiger charge is -2.30. The first-order chi connectivity index (χ1) is 14.6. The third-order valence-corrected chi connectivity index (χ3v) is 7.64. The minimum absolute atomic E-state index is 0.0565. The number of sulfonamides is 1. The van der Waals surface area contributed by atoms with Gasteiger partial charge < -0.3 is 5.32 Å². The highest BCUT2D eigenvalue weighted by Gasteiger charge is 2.35. The van der Waals surface area contributed by atoms with Gasteiger partial charge in [0, 0.05) is 19.0 Å². The molecule has 1 aliphatic rings. The van der Waals surface area contributed by atoms with Crippen LogP contribution in [0, 0.1) is 5.92 Å². The number of anilines is 1. The highest BCUT2D eigenvalue weighted by Crippen LogP contribution is 2.32. The van der Waals surface area contributed by atoms with Gasteiger partial charge in [-0.3, -0.25) is 4.79 Å². The van der Waals surface area contributed by atoms with E-state index in [0.29, 0.717) is 11.8 Å². The molecular formula is C20H22F3N3O3S2. The summed E-state index contributed by atoms with van der Waals surface area (Å²) in [5.74, 6) is 0.271. The van der Waals surface area contributed by atoms with E-state index in [4.69, 9.17) is 0 Å². The van der Waals surface area contributed by atoms with Gasteiger partial charge in [-0.25, -0.2) is 13.4 Å². The van der Waals surface area contributed by atoms with Gasteiger partial charge in [-0.1, -0.05) is 13.0 Å². The highest BCUT2D eigenvalue weighted by molar-refractivity contribution is 7.99. The minimum Gasteiger partial charge on any atom is -0.324 e. The summed E-state index contributed by atoms with van der Waals surface area (Å²) in [6, 6.07) is 7.27. The number of hydrogen-bond donors (Lipinski definition) is 1. The van der Waals surface area contributed by atoms with E-state index in [1.54, 1.807) is 24.0 Å². The van der Waals surface area contributed by atoms with E-state index in [9.17, 15) is 26.4 Å². The maximum atomic E-state index is 12.9. The van der Waals surface area contributed by atoms with Crippen molar-refractivity contribution in [3.05, 3.63) is 48.2 Å². The average molecular weight is 474 g/mol. The molecule has 1 aliphatic heterocycles. The fourth-order valence-electron chi connectivity index (χ4n) is 3.27. The van der Waals surface area contributed by atoms with Gasteiger partial charge in [0.1, 0.15) is 0 Å². The second-order valence-corrected chi connectivity index (χ2v) is 10.2. The predicted octanol–water partition coefficient (Wildman–Crippen LogP) is 4.25. The number of benzene rings is 1. The number of thioether (sulfide) groups is 1. The maximum absolute atomic E-state index is 12.9. The Labute approximate surface area is 183 Å². The lowest BCUT2D eigenvalue weighted by atomic mass is 9.97. The largest absolute Gasteiger partial charge is 0.416 e. The van der Waals surface area contributed by atoms with Crippen LogP contribution in [0.2, 0.25) is 0 Å². The molecule has 0 bridgehead atoms. The molecule has 168 valence electrons. The predicted molar refractivity (Wildman–Crippen MR) is 112 cm³/mol. The zero-order valence-electron chi connectivity index (χ0n) is 16.7. The monoisotopic (exact) mass is 473 g/mol. The van der Waals surface area contributed by atoms with Crippen LogP contribution in [0.5, 0.6) is 0 Å². The molecule has 1 fully saturated rings. The van der Waals surface area contributed by atoms with Crippen LogP contribution in [0.25, 0.3) is 0 Å². The van der Waals surface area contributed by atoms with Crippen molar-refractivity contribution < 1.29 is 26.4 Å². The number of nitrogens with zero attached hydrogens (tertiary/aromatic N) is 2. The van der Waals surface area contributed by atoms with Crippen LogP contribution in [-0.2, 0) is 21.0 Å². The third-order valence-electron chi connectivity index (χ3n) is 4.92. The lowest BCUT2D eigenvalue weighted by Crippen LogP contribution is -2.41. The van der Waals surface area contributed by atoms with E-state index < -0.39 is 32.6 Å². The van der Waals surface area contributed by atoms with Gasteiger partial charge >= 0.3 is 6.18 Å². The second kappa shape index (κ2) is 9.58.